The van der Waals surface area contributed by atoms with E-state index in [1.807, 2.05) is 0 Å². The van der Waals surface area contributed by atoms with E-state index in [9.17, 15) is 5.11 Å². The zero-order chi connectivity index (χ0) is 15.4. The van der Waals surface area contributed by atoms with Crippen LogP contribution in [0.4, 0.5) is 5.69 Å². The molecule has 0 aromatic heterocycles. The highest BCUT2D eigenvalue weighted by Crippen LogP contribution is 2.23. The van der Waals surface area contributed by atoms with Crippen molar-refractivity contribution in [1.82, 2.24) is 10.6 Å². The zero-order valence-corrected chi connectivity index (χ0v) is 16.0. The largest absolute Gasteiger partial charge is 0.391 e. The van der Waals surface area contributed by atoms with E-state index in [1.165, 1.54) is 24.1 Å². The molecular weight excluding hydrogens is 345 g/mol. The van der Waals surface area contributed by atoms with Crippen LogP contribution in [-0.2, 0) is 0 Å². The third kappa shape index (κ3) is 5.50. The summed E-state index contributed by atoms with van der Waals surface area (Å²) >= 11 is 0. The first-order chi connectivity index (χ1) is 10.7. The molecule has 2 atom stereocenters. The highest BCUT2D eigenvalue weighted by atomic mass is 35.5. The van der Waals surface area contributed by atoms with Gasteiger partial charge in [0, 0.05) is 37.9 Å². The Labute approximate surface area is 158 Å². The van der Waals surface area contributed by atoms with Crippen LogP contribution in [0.15, 0.2) is 24.3 Å². The molecule has 24 heavy (non-hydrogen) atoms. The lowest BCUT2D eigenvalue weighted by molar-refractivity contribution is 0.0793. The summed E-state index contributed by atoms with van der Waals surface area (Å²) in [5.74, 6) is 0.413. The van der Waals surface area contributed by atoms with Crippen LogP contribution in [-0.4, -0.2) is 50.0 Å². The van der Waals surface area contributed by atoms with E-state index >= 15 is 0 Å². The van der Waals surface area contributed by atoms with Crippen LogP contribution in [0.5, 0.6) is 0 Å². The molecule has 0 aliphatic carbocycles. The number of benzene rings is 1. The van der Waals surface area contributed by atoms with Crippen molar-refractivity contribution in [1.29, 1.82) is 0 Å². The second kappa shape index (κ2) is 10.5. The van der Waals surface area contributed by atoms with Crippen molar-refractivity contribution in [3.05, 3.63) is 29.8 Å². The molecule has 2 heterocycles. The van der Waals surface area contributed by atoms with Crippen LogP contribution in [0, 0.1) is 12.8 Å². The normalized spacial score (nSPS) is 24.8. The Morgan fingerprint density at radius 3 is 2.54 bits per heavy atom. The van der Waals surface area contributed by atoms with Gasteiger partial charge in [-0.1, -0.05) is 18.2 Å². The topological polar surface area (TPSA) is 47.5 Å². The molecule has 6 heteroatoms. The number of β-amino-alcohol motifs (C(OH)–C–C–N with tert-alkyl or cyclic N) is 1. The van der Waals surface area contributed by atoms with E-state index < -0.39 is 0 Å². The smallest absolute Gasteiger partial charge is 0.0705 e. The van der Waals surface area contributed by atoms with Gasteiger partial charge in [-0.25, -0.2) is 0 Å². The van der Waals surface area contributed by atoms with Crippen molar-refractivity contribution in [3.8, 4) is 0 Å². The molecule has 0 amide bonds. The minimum Gasteiger partial charge on any atom is -0.391 e. The van der Waals surface area contributed by atoms with Gasteiger partial charge in [0.05, 0.1) is 6.10 Å². The second-order valence-electron chi connectivity index (χ2n) is 6.78. The number of para-hydroxylation sites is 1. The van der Waals surface area contributed by atoms with Gasteiger partial charge < -0.3 is 20.6 Å². The quantitative estimate of drug-likeness (QED) is 0.755. The fourth-order valence-corrected chi connectivity index (χ4v) is 3.70. The summed E-state index contributed by atoms with van der Waals surface area (Å²) in [4.78, 5) is 2.51. The Bertz CT molecular complexity index is 481. The molecule has 3 N–H and O–H groups in total. The van der Waals surface area contributed by atoms with Crippen molar-refractivity contribution >= 4 is 30.5 Å². The van der Waals surface area contributed by atoms with Crippen LogP contribution < -0.4 is 15.5 Å². The summed E-state index contributed by atoms with van der Waals surface area (Å²) in [6.45, 7) is 7.18. The van der Waals surface area contributed by atoms with E-state index in [4.69, 9.17) is 0 Å². The summed E-state index contributed by atoms with van der Waals surface area (Å²) in [5.41, 5.74) is 2.75. The highest BCUT2D eigenvalue weighted by molar-refractivity contribution is 5.85. The molecule has 2 aliphatic heterocycles. The predicted octanol–water partition coefficient (Wildman–Crippen LogP) is 2.37. The number of anilines is 1. The Kier molecular flexibility index (Phi) is 9.39. The van der Waals surface area contributed by atoms with Gasteiger partial charge in [-0.05, 0) is 50.3 Å². The minimum atomic E-state index is -0.187. The summed E-state index contributed by atoms with van der Waals surface area (Å²) in [6.07, 6.45) is 3.27. The maximum absolute atomic E-state index is 10.0. The van der Waals surface area contributed by atoms with E-state index in [1.54, 1.807) is 0 Å². The number of halogens is 2. The summed E-state index contributed by atoms with van der Waals surface area (Å²) in [7, 11) is 0. The first kappa shape index (κ1) is 21.5. The van der Waals surface area contributed by atoms with Gasteiger partial charge in [0.25, 0.3) is 0 Å². The van der Waals surface area contributed by atoms with Gasteiger partial charge in [-0.3, -0.25) is 0 Å². The second-order valence-corrected chi connectivity index (χ2v) is 6.78. The third-order valence-corrected chi connectivity index (χ3v) is 5.21. The summed E-state index contributed by atoms with van der Waals surface area (Å²) < 4.78 is 0. The number of aliphatic hydroxyl groups is 1. The molecule has 138 valence electrons. The van der Waals surface area contributed by atoms with Crippen molar-refractivity contribution in [3.63, 3.8) is 0 Å². The molecular formula is C18H31Cl2N3O. The average molecular weight is 376 g/mol. The van der Waals surface area contributed by atoms with Crippen molar-refractivity contribution in [2.24, 2.45) is 5.92 Å². The average Bonchev–Trinajstić information content (AvgIpc) is 2.55. The molecule has 0 bridgehead atoms. The summed E-state index contributed by atoms with van der Waals surface area (Å²) in [6, 6.07) is 9.26. The number of rotatable bonds is 4. The van der Waals surface area contributed by atoms with Gasteiger partial charge in [0.2, 0.25) is 0 Å². The van der Waals surface area contributed by atoms with Crippen molar-refractivity contribution < 1.29 is 5.11 Å². The zero-order valence-electron chi connectivity index (χ0n) is 14.4. The molecule has 0 unspecified atom stereocenters. The van der Waals surface area contributed by atoms with Crippen molar-refractivity contribution in [2.75, 3.05) is 37.6 Å². The number of hydrogen-bond acceptors (Lipinski definition) is 4. The summed E-state index contributed by atoms with van der Waals surface area (Å²) in [5, 5.41) is 17.0. The van der Waals surface area contributed by atoms with Gasteiger partial charge in [0.15, 0.2) is 0 Å². The van der Waals surface area contributed by atoms with E-state index in [-0.39, 0.29) is 30.9 Å². The number of nitrogens with zero attached hydrogens (tertiary/aromatic N) is 1. The van der Waals surface area contributed by atoms with Crippen LogP contribution >= 0.6 is 24.8 Å². The molecule has 2 fully saturated rings. The molecule has 0 saturated carbocycles. The molecule has 2 saturated heterocycles. The Hall–Kier alpha value is -0.520. The highest BCUT2D eigenvalue weighted by Gasteiger charge is 2.25. The van der Waals surface area contributed by atoms with Crippen LogP contribution in [0.25, 0.3) is 0 Å². The van der Waals surface area contributed by atoms with Crippen LogP contribution in [0.1, 0.15) is 24.8 Å². The molecule has 3 rings (SSSR count). The maximum atomic E-state index is 10.0. The molecule has 0 radical (unpaired) electrons. The number of hydrogen-bond donors (Lipinski definition) is 3. The lowest BCUT2D eigenvalue weighted by Gasteiger charge is -2.36. The third-order valence-electron chi connectivity index (χ3n) is 5.21. The molecule has 1 aromatic carbocycles. The van der Waals surface area contributed by atoms with Crippen LogP contribution in [0.3, 0.4) is 0 Å². The van der Waals surface area contributed by atoms with E-state index in [0.29, 0.717) is 12.0 Å². The van der Waals surface area contributed by atoms with Gasteiger partial charge in [-0.2, -0.15) is 0 Å². The SMILES string of the molecule is Cc1ccccc1N1CCC(NC[C@@H]2CCNC[C@H]2O)CC1.Cl.Cl. The first-order valence-corrected chi connectivity index (χ1v) is 8.67. The van der Waals surface area contributed by atoms with Crippen LogP contribution in [0.2, 0.25) is 0 Å². The number of aliphatic hydroxyl groups excluding tert-OH is 1. The molecule has 2 aliphatic rings. The first-order valence-electron chi connectivity index (χ1n) is 8.67. The van der Waals surface area contributed by atoms with E-state index in [0.717, 1.165) is 39.1 Å². The lowest BCUT2D eigenvalue weighted by atomic mass is 9.94. The standard InChI is InChI=1S/C18H29N3O.2ClH/c1-14-4-2-3-5-17(14)21-10-7-16(8-11-21)20-12-15-6-9-19-13-18(15)22;;/h2-5,15-16,18-20,22H,6-13H2,1H3;2*1H/t15-,18+;;/m0../s1. The number of aryl methyl sites for hydroxylation is 1. The van der Waals surface area contributed by atoms with Gasteiger partial charge in [0.1, 0.15) is 0 Å². The molecule has 0 spiro atoms. The fraction of sp³-hybridized carbons (Fsp3) is 0.667. The minimum absolute atomic E-state index is 0. The van der Waals surface area contributed by atoms with E-state index in [2.05, 4.69) is 46.7 Å². The Morgan fingerprint density at radius 1 is 1.17 bits per heavy atom. The molecule has 1 aromatic rings. The lowest BCUT2D eigenvalue weighted by Crippen LogP contribution is -2.48. The number of nitrogens with one attached hydrogen (secondary N) is 2. The number of piperidine rings is 2. The fourth-order valence-electron chi connectivity index (χ4n) is 3.70. The maximum Gasteiger partial charge on any atom is 0.0705 e. The monoisotopic (exact) mass is 375 g/mol. The van der Waals surface area contributed by atoms with Gasteiger partial charge in [-0.15, -0.1) is 24.8 Å². The van der Waals surface area contributed by atoms with Gasteiger partial charge >= 0.3 is 0 Å². The van der Waals surface area contributed by atoms with Crippen molar-refractivity contribution in [2.45, 2.75) is 38.3 Å². The molecule has 4 nitrogen and oxygen atoms in total. The Balaban J connectivity index is 0.00000144. The predicted molar refractivity (Wildman–Crippen MR) is 106 cm³/mol. The Morgan fingerprint density at radius 2 is 1.88 bits per heavy atom.